The number of hydrogen-bond donors (Lipinski definition) is 1. The Balaban J connectivity index is 3.86. The highest BCUT2D eigenvalue weighted by molar-refractivity contribution is 5.70. The zero-order chi connectivity index (χ0) is 10.3. The third-order valence-electron chi connectivity index (χ3n) is 1.88. The Kier molecular flexibility index (Phi) is 6.54. The van der Waals surface area contributed by atoms with Gasteiger partial charge in [0, 0.05) is 12.6 Å². The molecule has 0 rings (SSSR count). The number of hydrogen-bond acceptors (Lipinski definition) is 4. The predicted molar refractivity (Wildman–Crippen MR) is 52.7 cm³/mol. The van der Waals surface area contributed by atoms with Gasteiger partial charge in [0.2, 0.25) is 0 Å². The first kappa shape index (κ1) is 12.4. The van der Waals surface area contributed by atoms with Crippen LogP contribution in [0, 0.1) is 0 Å². The van der Waals surface area contributed by atoms with Crippen molar-refractivity contribution in [3.63, 3.8) is 0 Å². The molecule has 0 aromatic heterocycles. The van der Waals surface area contributed by atoms with E-state index in [1.807, 2.05) is 33.0 Å². The lowest BCUT2D eigenvalue weighted by atomic mass is 10.2. The molecule has 0 aromatic carbocycles. The van der Waals surface area contributed by atoms with Crippen LogP contribution in [0.3, 0.4) is 0 Å². The van der Waals surface area contributed by atoms with Crippen molar-refractivity contribution in [1.82, 2.24) is 10.2 Å². The minimum absolute atomic E-state index is 0.128. The summed E-state index contributed by atoms with van der Waals surface area (Å²) in [5.41, 5.74) is 0. The number of nitrogens with zero attached hydrogens (tertiary/aromatic N) is 1. The maximum Gasteiger partial charge on any atom is 0.307 e. The molecule has 1 atom stereocenters. The van der Waals surface area contributed by atoms with Gasteiger partial charge in [0.25, 0.3) is 0 Å². The number of esters is 1. The molecule has 4 heteroatoms. The Labute approximate surface area is 80.2 Å². The van der Waals surface area contributed by atoms with Crippen molar-refractivity contribution in [2.45, 2.75) is 19.4 Å². The highest BCUT2D eigenvalue weighted by Gasteiger charge is 2.15. The molecule has 0 amide bonds. The van der Waals surface area contributed by atoms with E-state index in [1.165, 1.54) is 0 Å². The second-order valence-corrected chi connectivity index (χ2v) is 3.18. The molecule has 0 saturated carbocycles. The van der Waals surface area contributed by atoms with Gasteiger partial charge in [-0.25, -0.2) is 0 Å². The van der Waals surface area contributed by atoms with Gasteiger partial charge in [-0.3, -0.25) is 4.79 Å². The summed E-state index contributed by atoms with van der Waals surface area (Å²) in [6, 6.07) is 0.212. The fraction of sp³-hybridized carbons (Fsp3) is 0.889. The van der Waals surface area contributed by atoms with Crippen LogP contribution in [0.4, 0.5) is 0 Å². The third kappa shape index (κ3) is 5.60. The molecule has 0 saturated heterocycles. The Bertz CT molecular complexity index is 149. The maximum absolute atomic E-state index is 11.2. The van der Waals surface area contributed by atoms with Gasteiger partial charge in [0.05, 0.1) is 13.0 Å². The topological polar surface area (TPSA) is 41.6 Å². The zero-order valence-electron chi connectivity index (χ0n) is 8.96. The lowest BCUT2D eigenvalue weighted by Crippen LogP contribution is -2.38. The first-order chi connectivity index (χ1) is 6.11. The van der Waals surface area contributed by atoms with E-state index in [1.54, 1.807) is 0 Å². The molecule has 0 aromatic rings. The monoisotopic (exact) mass is 188 g/mol. The van der Waals surface area contributed by atoms with Gasteiger partial charge in [0.1, 0.15) is 0 Å². The van der Waals surface area contributed by atoms with Crippen molar-refractivity contribution >= 4 is 5.97 Å². The van der Waals surface area contributed by atoms with Crippen molar-refractivity contribution in [3.8, 4) is 0 Å². The van der Waals surface area contributed by atoms with Crippen molar-refractivity contribution < 1.29 is 9.53 Å². The van der Waals surface area contributed by atoms with Gasteiger partial charge >= 0.3 is 5.97 Å². The molecule has 1 N–H and O–H groups in total. The molecule has 0 spiro atoms. The van der Waals surface area contributed by atoms with Crippen LogP contribution in [0.15, 0.2) is 0 Å². The van der Waals surface area contributed by atoms with Crippen LogP contribution in [0.25, 0.3) is 0 Å². The van der Waals surface area contributed by atoms with Crippen molar-refractivity contribution in [3.05, 3.63) is 0 Å². The van der Waals surface area contributed by atoms with Crippen LogP contribution < -0.4 is 5.32 Å². The number of carbonyl (C=O) groups is 1. The number of ether oxygens (including phenoxy) is 1. The summed E-state index contributed by atoms with van der Waals surface area (Å²) in [4.78, 5) is 13.2. The first-order valence-electron chi connectivity index (χ1n) is 4.58. The summed E-state index contributed by atoms with van der Waals surface area (Å²) in [7, 11) is 5.80. The van der Waals surface area contributed by atoms with Crippen molar-refractivity contribution in [2.24, 2.45) is 0 Å². The molecule has 0 radical (unpaired) electrons. The normalized spacial score (nSPS) is 13.0. The van der Waals surface area contributed by atoms with Gasteiger partial charge < -0.3 is 15.0 Å². The molecule has 0 aliphatic rings. The van der Waals surface area contributed by atoms with Crippen LogP contribution in [-0.4, -0.2) is 51.2 Å². The third-order valence-corrected chi connectivity index (χ3v) is 1.88. The Morgan fingerprint density at radius 3 is 2.54 bits per heavy atom. The highest BCUT2D eigenvalue weighted by atomic mass is 16.5. The van der Waals surface area contributed by atoms with E-state index in [0.717, 1.165) is 6.54 Å². The molecule has 0 fully saturated rings. The second kappa shape index (κ2) is 6.86. The van der Waals surface area contributed by atoms with E-state index in [2.05, 4.69) is 5.32 Å². The van der Waals surface area contributed by atoms with Gasteiger partial charge in [-0.2, -0.15) is 0 Å². The number of carbonyl (C=O) groups excluding carboxylic acids is 1. The summed E-state index contributed by atoms with van der Waals surface area (Å²) in [5, 5.41) is 3.05. The SMILES string of the molecule is CCOC(=O)CC(CNC)N(C)C. The molecule has 78 valence electrons. The smallest absolute Gasteiger partial charge is 0.307 e. The van der Waals surface area contributed by atoms with E-state index in [4.69, 9.17) is 4.74 Å². The molecule has 0 aliphatic heterocycles. The quantitative estimate of drug-likeness (QED) is 0.600. The minimum Gasteiger partial charge on any atom is -0.466 e. The van der Waals surface area contributed by atoms with E-state index in [9.17, 15) is 4.79 Å². The average Bonchev–Trinajstić information content (AvgIpc) is 2.04. The van der Waals surface area contributed by atoms with E-state index in [0.29, 0.717) is 13.0 Å². The fourth-order valence-electron chi connectivity index (χ4n) is 1.09. The first-order valence-corrected chi connectivity index (χ1v) is 4.58. The van der Waals surface area contributed by atoms with E-state index >= 15 is 0 Å². The predicted octanol–water partition coefficient (Wildman–Crippen LogP) is 0.0892. The molecule has 0 heterocycles. The minimum atomic E-state index is -0.128. The summed E-state index contributed by atoms with van der Waals surface area (Å²) in [5.74, 6) is -0.128. The molecule has 4 nitrogen and oxygen atoms in total. The van der Waals surface area contributed by atoms with Crippen LogP contribution in [0.5, 0.6) is 0 Å². The van der Waals surface area contributed by atoms with Gasteiger partial charge in [0.15, 0.2) is 0 Å². The van der Waals surface area contributed by atoms with Crippen molar-refractivity contribution in [1.29, 1.82) is 0 Å². The van der Waals surface area contributed by atoms with Gasteiger partial charge in [-0.1, -0.05) is 0 Å². The lowest BCUT2D eigenvalue weighted by Gasteiger charge is -2.22. The number of rotatable bonds is 6. The van der Waals surface area contributed by atoms with E-state index in [-0.39, 0.29) is 12.0 Å². The average molecular weight is 188 g/mol. The molecular formula is C9H20N2O2. The Hall–Kier alpha value is -0.610. The van der Waals surface area contributed by atoms with Crippen LogP contribution in [0.1, 0.15) is 13.3 Å². The summed E-state index contributed by atoms with van der Waals surface area (Å²) >= 11 is 0. The Morgan fingerprint density at radius 1 is 1.54 bits per heavy atom. The summed E-state index contributed by atoms with van der Waals surface area (Å²) < 4.78 is 4.88. The van der Waals surface area contributed by atoms with Crippen LogP contribution in [0.2, 0.25) is 0 Å². The number of likely N-dealkylation sites (N-methyl/N-ethyl adjacent to an activating group) is 2. The fourth-order valence-corrected chi connectivity index (χ4v) is 1.09. The molecule has 0 aliphatic carbocycles. The number of nitrogens with one attached hydrogen (secondary N) is 1. The van der Waals surface area contributed by atoms with Crippen LogP contribution in [-0.2, 0) is 9.53 Å². The maximum atomic E-state index is 11.2. The molecular weight excluding hydrogens is 168 g/mol. The molecule has 0 bridgehead atoms. The largest absolute Gasteiger partial charge is 0.466 e. The van der Waals surface area contributed by atoms with Crippen molar-refractivity contribution in [2.75, 3.05) is 34.3 Å². The van der Waals surface area contributed by atoms with Crippen LogP contribution >= 0.6 is 0 Å². The molecule has 1 unspecified atom stereocenters. The zero-order valence-corrected chi connectivity index (χ0v) is 8.96. The van der Waals surface area contributed by atoms with E-state index < -0.39 is 0 Å². The lowest BCUT2D eigenvalue weighted by molar-refractivity contribution is -0.144. The summed E-state index contributed by atoms with van der Waals surface area (Å²) in [6.45, 7) is 3.07. The second-order valence-electron chi connectivity index (χ2n) is 3.18. The standard InChI is InChI=1S/C9H20N2O2/c1-5-13-9(12)6-8(7-10-2)11(3)4/h8,10H,5-7H2,1-4H3. The highest BCUT2D eigenvalue weighted by Crippen LogP contribution is 2.00. The van der Waals surface area contributed by atoms with Gasteiger partial charge in [-0.05, 0) is 28.1 Å². The Morgan fingerprint density at radius 2 is 2.15 bits per heavy atom. The molecule has 13 heavy (non-hydrogen) atoms. The van der Waals surface area contributed by atoms with Gasteiger partial charge in [-0.15, -0.1) is 0 Å². The summed E-state index contributed by atoms with van der Waals surface area (Å²) in [6.07, 6.45) is 0.446.